The van der Waals surface area contributed by atoms with Gasteiger partial charge in [0.05, 0.1) is 11.4 Å². The van der Waals surface area contributed by atoms with Crippen LogP contribution in [0.2, 0.25) is 0 Å². The molecule has 0 spiro atoms. The molecule has 0 heterocycles. The number of rotatable bonds is 9. The summed E-state index contributed by atoms with van der Waals surface area (Å²) in [5.74, 6) is 1.47. The Labute approximate surface area is 152 Å². The van der Waals surface area contributed by atoms with Crippen molar-refractivity contribution < 1.29 is 8.42 Å². The van der Waals surface area contributed by atoms with Gasteiger partial charge in [0.1, 0.15) is 0 Å². The maximum Gasteiger partial charge on any atom is 0.240 e. The van der Waals surface area contributed by atoms with Gasteiger partial charge >= 0.3 is 0 Å². The fourth-order valence-corrected chi connectivity index (χ4v) is 3.00. The van der Waals surface area contributed by atoms with E-state index < -0.39 is 10.0 Å². The minimum absolute atomic E-state index is 0.259. The van der Waals surface area contributed by atoms with E-state index in [4.69, 9.17) is 0 Å². The van der Waals surface area contributed by atoms with Gasteiger partial charge in [-0.2, -0.15) is 0 Å². The first-order valence-electron chi connectivity index (χ1n) is 8.85. The Morgan fingerprint density at radius 2 is 1.76 bits per heavy atom. The second-order valence-electron chi connectivity index (χ2n) is 6.56. The Kier molecular flexibility index (Phi) is 8.92. The molecule has 0 aliphatic rings. The SMILES string of the molecule is CCNC(=NCc1ccc(S(=O)(=O)NC)cc1)NC(C)CCC(C)C. The molecule has 0 radical (unpaired) electrons. The maximum absolute atomic E-state index is 11.7. The van der Waals surface area contributed by atoms with Crippen molar-refractivity contribution in [1.29, 1.82) is 0 Å². The fraction of sp³-hybridized carbons (Fsp3) is 0.611. The summed E-state index contributed by atoms with van der Waals surface area (Å²) in [4.78, 5) is 4.85. The van der Waals surface area contributed by atoms with E-state index in [1.807, 2.05) is 6.92 Å². The van der Waals surface area contributed by atoms with Crippen molar-refractivity contribution in [2.45, 2.75) is 58.0 Å². The average Bonchev–Trinajstić information content (AvgIpc) is 2.58. The second kappa shape index (κ2) is 10.4. The normalized spacial score (nSPS) is 13.8. The first-order valence-corrected chi connectivity index (χ1v) is 10.3. The van der Waals surface area contributed by atoms with Crippen molar-refractivity contribution in [3.05, 3.63) is 29.8 Å². The number of aliphatic imine (C=N–C) groups is 1. The lowest BCUT2D eigenvalue weighted by Gasteiger charge is -2.18. The lowest BCUT2D eigenvalue weighted by Crippen LogP contribution is -2.42. The van der Waals surface area contributed by atoms with Crippen LogP contribution in [-0.4, -0.2) is 34.0 Å². The summed E-state index contributed by atoms with van der Waals surface area (Å²) < 4.78 is 25.8. The Morgan fingerprint density at radius 1 is 1.12 bits per heavy atom. The Balaban J connectivity index is 2.70. The summed E-state index contributed by atoms with van der Waals surface area (Å²) in [5.41, 5.74) is 0.960. The van der Waals surface area contributed by atoms with Crippen LogP contribution in [0.1, 0.15) is 46.1 Å². The molecule has 3 N–H and O–H groups in total. The molecule has 0 aliphatic heterocycles. The predicted octanol–water partition coefficient (Wildman–Crippen LogP) is 2.47. The van der Waals surface area contributed by atoms with Crippen molar-refractivity contribution in [1.82, 2.24) is 15.4 Å². The molecule has 0 fully saturated rings. The largest absolute Gasteiger partial charge is 0.357 e. The molecule has 0 saturated heterocycles. The van der Waals surface area contributed by atoms with E-state index in [2.05, 4.69) is 41.1 Å². The van der Waals surface area contributed by atoms with Crippen molar-refractivity contribution in [3.63, 3.8) is 0 Å². The van der Waals surface area contributed by atoms with Gasteiger partial charge in [0.25, 0.3) is 0 Å². The van der Waals surface area contributed by atoms with Gasteiger partial charge in [-0.25, -0.2) is 18.1 Å². The number of benzene rings is 1. The third-order valence-electron chi connectivity index (χ3n) is 3.83. The van der Waals surface area contributed by atoms with E-state index in [1.165, 1.54) is 13.5 Å². The summed E-state index contributed by atoms with van der Waals surface area (Å²) in [5, 5.41) is 6.67. The Hall–Kier alpha value is -1.60. The molecule has 1 aromatic carbocycles. The van der Waals surface area contributed by atoms with E-state index in [1.54, 1.807) is 24.3 Å². The third-order valence-corrected chi connectivity index (χ3v) is 5.26. The minimum Gasteiger partial charge on any atom is -0.357 e. The summed E-state index contributed by atoms with van der Waals surface area (Å²) in [6.45, 7) is 9.93. The van der Waals surface area contributed by atoms with E-state index in [0.29, 0.717) is 18.5 Å². The first kappa shape index (κ1) is 21.4. The van der Waals surface area contributed by atoms with Gasteiger partial charge in [0, 0.05) is 12.6 Å². The quantitative estimate of drug-likeness (QED) is 0.462. The van der Waals surface area contributed by atoms with Crippen LogP contribution in [0.25, 0.3) is 0 Å². The zero-order valence-electron chi connectivity index (χ0n) is 16.0. The number of sulfonamides is 1. The van der Waals surface area contributed by atoms with Gasteiger partial charge in [0.15, 0.2) is 5.96 Å². The monoisotopic (exact) mass is 368 g/mol. The molecule has 0 saturated carbocycles. The molecule has 25 heavy (non-hydrogen) atoms. The van der Waals surface area contributed by atoms with Crippen molar-refractivity contribution in [2.75, 3.05) is 13.6 Å². The lowest BCUT2D eigenvalue weighted by molar-refractivity contribution is 0.489. The smallest absolute Gasteiger partial charge is 0.240 e. The number of guanidine groups is 1. The molecule has 1 rings (SSSR count). The second-order valence-corrected chi connectivity index (χ2v) is 8.45. The molecule has 0 aliphatic carbocycles. The lowest BCUT2D eigenvalue weighted by atomic mass is 10.0. The Morgan fingerprint density at radius 3 is 2.28 bits per heavy atom. The highest BCUT2D eigenvalue weighted by molar-refractivity contribution is 7.89. The Bertz CT molecular complexity index is 640. The molecule has 6 nitrogen and oxygen atoms in total. The highest BCUT2D eigenvalue weighted by Gasteiger charge is 2.10. The van der Waals surface area contributed by atoms with Crippen molar-refractivity contribution >= 4 is 16.0 Å². The van der Waals surface area contributed by atoms with E-state index in [-0.39, 0.29) is 4.90 Å². The highest BCUT2D eigenvalue weighted by Crippen LogP contribution is 2.11. The van der Waals surface area contributed by atoms with Crippen molar-refractivity contribution in [3.8, 4) is 0 Å². The molecule has 0 amide bonds. The molecule has 0 bridgehead atoms. The zero-order valence-corrected chi connectivity index (χ0v) is 16.8. The fourth-order valence-electron chi connectivity index (χ4n) is 2.27. The van der Waals surface area contributed by atoms with E-state index in [9.17, 15) is 8.42 Å². The zero-order chi connectivity index (χ0) is 18.9. The van der Waals surface area contributed by atoms with Crippen LogP contribution in [-0.2, 0) is 16.6 Å². The molecule has 0 aromatic heterocycles. The van der Waals surface area contributed by atoms with Crippen molar-refractivity contribution in [2.24, 2.45) is 10.9 Å². The minimum atomic E-state index is -3.39. The number of nitrogens with one attached hydrogen (secondary N) is 3. The van der Waals surface area contributed by atoms with E-state index in [0.717, 1.165) is 24.5 Å². The van der Waals surface area contributed by atoms with Crippen LogP contribution in [0.15, 0.2) is 34.2 Å². The highest BCUT2D eigenvalue weighted by atomic mass is 32.2. The van der Waals surface area contributed by atoms with Crippen LogP contribution in [0.5, 0.6) is 0 Å². The number of hydrogen-bond donors (Lipinski definition) is 3. The van der Waals surface area contributed by atoms with Crippen LogP contribution in [0.3, 0.4) is 0 Å². The van der Waals surface area contributed by atoms with Gasteiger partial charge in [0.2, 0.25) is 10.0 Å². The summed E-state index contributed by atoms with van der Waals surface area (Å²) in [7, 11) is -1.99. The van der Waals surface area contributed by atoms with Gasteiger partial charge in [-0.05, 0) is 57.4 Å². The summed E-state index contributed by atoms with van der Waals surface area (Å²) in [6.07, 6.45) is 2.27. The molecular formula is C18H32N4O2S. The summed E-state index contributed by atoms with van der Waals surface area (Å²) in [6, 6.07) is 7.13. The number of nitrogens with zero attached hydrogens (tertiary/aromatic N) is 1. The van der Waals surface area contributed by atoms with E-state index >= 15 is 0 Å². The van der Waals surface area contributed by atoms with Gasteiger partial charge < -0.3 is 10.6 Å². The molecule has 7 heteroatoms. The summed E-state index contributed by atoms with van der Waals surface area (Å²) >= 11 is 0. The van der Waals surface area contributed by atoms with Gasteiger partial charge in [-0.3, -0.25) is 0 Å². The van der Waals surface area contributed by atoms with Gasteiger partial charge in [-0.15, -0.1) is 0 Å². The standard InChI is InChI=1S/C18H32N4O2S/c1-6-20-18(22-15(4)8-7-14(2)3)21-13-16-9-11-17(12-10-16)25(23,24)19-5/h9-12,14-15,19H,6-8,13H2,1-5H3,(H2,20,21,22). The molecule has 142 valence electrons. The molecular weight excluding hydrogens is 336 g/mol. The predicted molar refractivity (Wildman–Crippen MR) is 104 cm³/mol. The van der Waals surface area contributed by atoms with Crippen LogP contribution >= 0.6 is 0 Å². The molecule has 1 unspecified atom stereocenters. The molecule has 1 atom stereocenters. The maximum atomic E-state index is 11.7. The van der Waals surface area contributed by atoms with Crippen LogP contribution < -0.4 is 15.4 Å². The molecule has 1 aromatic rings. The van der Waals surface area contributed by atoms with Gasteiger partial charge in [-0.1, -0.05) is 26.0 Å². The topological polar surface area (TPSA) is 82.6 Å². The van der Waals surface area contributed by atoms with Crippen LogP contribution in [0.4, 0.5) is 0 Å². The van der Waals surface area contributed by atoms with Crippen LogP contribution in [0, 0.1) is 5.92 Å². The first-order chi connectivity index (χ1) is 11.8. The third kappa shape index (κ3) is 7.88. The number of hydrogen-bond acceptors (Lipinski definition) is 3. The average molecular weight is 369 g/mol.